The molecular weight excluding hydrogens is 258 g/mol. The fourth-order valence-electron chi connectivity index (χ4n) is 2.95. The Balaban J connectivity index is 2.30. The lowest BCUT2D eigenvalue weighted by molar-refractivity contribution is -0.254. The number of carbonyl (C=O) groups excluding carboxylic acids is 1. The number of aromatic carboxylic acids is 1. The van der Waals surface area contributed by atoms with Gasteiger partial charge < -0.3 is 14.5 Å². The third-order valence-electron chi connectivity index (χ3n) is 3.82. The minimum absolute atomic E-state index is 0.384. The van der Waals surface area contributed by atoms with Crippen LogP contribution in [0.2, 0.25) is 0 Å². The number of nitrogens with zero attached hydrogens (tertiary/aromatic N) is 1. The summed E-state index contributed by atoms with van der Waals surface area (Å²) in [5, 5.41) is 11.4. The molecule has 2 aromatic heterocycles. The van der Waals surface area contributed by atoms with E-state index in [0.717, 1.165) is 42.8 Å². The Morgan fingerprint density at radius 1 is 1.21 bits per heavy atom. The molecule has 100 valence electrons. The number of aryl methyl sites for hydroxylation is 3. The molecule has 2 heterocycles. The van der Waals surface area contributed by atoms with Gasteiger partial charge in [-0.1, -0.05) is 0 Å². The molecule has 0 radical (unpaired) electrons. The molecule has 3 nitrogen and oxygen atoms in total. The van der Waals surface area contributed by atoms with Gasteiger partial charge in [-0.3, -0.25) is 0 Å². The summed E-state index contributed by atoms with van der Waals surface area (Å²) >= 11 is 1.40. The van der Waals surface area contributed by atoms with Gasteiger partial charge in [0.1, 0.15) is 0 Å². The highest BCUT2D eigenvalue weighted by atomic mass is 32.1. The molecular formula is C15H16NO2S-. The van der Waals surface area contributed by atoms with E-state index in [4.69, 9.17) is 0 Å². The van der Waals surface area contributed by atoms with Crippen LogP contribution in [0, 0.1) is 13.8 Å². The molecule has 0 saturated heterocycles. The van der Waals surface area contributed by atoms with Crippen molar-refractivity contribution in [2.75, 3.05) is 0 Å². The second-order valence-electron chi connectivity index (χ2n) is 5.13. The van der Waals surface area contributed by atoms with Crippen molar-refractivity contribution in [3.05, 3.63) is 38.8 Å². The van der Waals surface area contributed by atoms with Crippen LogP contribution in [-0.4, -0.2) is 10.5 Å². The van der Waals surface area contributed by atoms with E-state index in [1.54, 1.807) is 0 Å². The van der Waals surface area contributed by atoms with E-state index in [1.807, 2.05) is 26.0 Å². The lowest BCUT2D eigenvalue weighted by atomic mass is 9.97. The Morgan fingerprint density at radius 2 is 1.84 bits per heavy atom. The van der Waals surface area contributed by atoms with Gasteiger partial charge in [0, 0.05) is 16.3 Å². The highest BCUT2D eigenvalue weighted by Crippen LogP contribution is 2.37. The zero-order chi connectivity index (χ0) is 13.6. The first-order valence-corrected chi connectivity index (χ1v) is 7.42. The minimum atomic E-state index is -1.05. The van der Waals surface area contributed by atoms with Gasteiger partial charge >= 0.3 is 0 Å². The number of hydrogen-bond acceptors (Lipinski definition) is 3. The summed E-state index contributed by atoms with van der Waals surface area (Å²) in [5.41, 5.74) is 4.23. The summed E-state index contributed by atoms with van der Waals surface area (Å²) in [5.74, 6) is -1.05. The molecule has 0 aliphatic heterocycles. The molecule has 0 aromatic carbocycles. The highest BCUT2D eigenvalue weighted by molar-refractivity contribution is 7.14. The van der Waals surface area contributed by atoms with E-state index in [0.29, 0.717) is 4.88 Å². The number of carbonyl (C=O) groups is 1. The van der Waals surface area contributed by atoms with Crippen molar-refractivity contribution < 1.29 is 9.90 Å². The van der Waals surface area contributed by atoms with Gasteiger partial charge in [-0.15, -0.1) is 11.3 Å². The Kier molecular flexibility index (Phi) is 2.97. The Morgan fingerprint density at radius 3 is 2.47 bits per heavy atom. The van der Waals surface area contributed by atoms with Gasteiger partial charge in [0.05, 0.1) is 16.5 Å². The highest BCUT2D eigenvalue weighted by Gasteiger charge is 2.23. The van der Waals surface area contributed by atoms with Crippen molar-refractivity contribution in [2.24, 2.45) is 0 Å². The van der Waals surface area contributed by atoms with Gasteiger partial charge in [0.25, 0.3) is 0 Å². The van der Waals surface area contributed by atoms with Crippen molar-refractivity contribution in [1.82, 2.24) is 4.57 Å². The number of aromatic nitrogens is 1. The molecule has 2 aromatic rings. The molecule has 1 aliphatic rings. The van der Waals surface area contributed by atoms with Crippen molar-refractivity contribution in [3.8, 4) is 5.69 Å². The van der Waals surface area contributed by atoms with E-state index in [1.165, 1.54) is 21.8 Å². The van der Waals surface area contributed by atoms with Crippen molar-refractivity contribution in [2.45, 2.75) is 39.5 Å². The maximum Gasteiger partial charge on any atom is 0.0836 e. The van der Waals surface area contributed by atoms with Gasteiger partial charge in [-0.05, 0) is 57.2 Å². The van der Waals surface area contributed by atoms with E-state index in [2.05, 4.69) is 4.57 Å². The van der Waals surface area contributed by atoms with E-state index < -0.39 is 5.97 Å². The standard InChI is InChI=1S/C15H17NO2S/c1-9-7-8-10(2)16(9)13-11-5-3-4-6-12(11)19-14(13)15(17)18/h7-8H,3-6H2,1-2H3,(H,17,18)/p-1. The Hall–Kier alpha value is -1.55. The summed E-state index contributed by atoms with van der Waals surface area (Å²) in [6.07, 6.45) is 4.27. The predicted octanol–water partition coefficient (Wildman–Crippen LogP) is 2.40. The van der Waals surface area contributed by atoms with E-state index >= 15 is 0 Å². The van der Waals surface area contributed by atoms with Crippen molar-refractivity contribution in [3.63, 3.8) is 0 Å². The largest absolute Gasteiger partial charge is 0.544 e. The van der Waals surface area contributed by atoms with Crippen LogP contribution in [0.1, 0.15) is 44.3 Å². The average Bonchev–Trinajstić information content (AvgIpc) is 2.90. The molecule has 19 heavy (non-hydrogen) atoms. The van der Waals surface area contributed by atoms with Gasteiger partial charge in [0.15, 0.2) is 0 Å². The molecule has 0 bridgehead atoms. The topological polar surface area (TPSA) is 45.1 Å². The first-order chi connectivity index (χ1) is 9.09. The molecule has 4 heteroatoms. The average molecular weight is 274 g/mol. The quantitative estimate of drug-likeness (QED) is 0.844. The summed E-state index contributed by atoms with van der Waals surface area (Å²) in [7, 11) is 0. The number of rotatable bonds is 2. The summed E-state index contributed by atoms with van der Waals surface area (Å²) in [6, 6.07) is 4.06. The molecule has 0 fully saturated rings. The smallest absolute Gasteiger partial charge is 0.0836 e. The van der Waals surface area contributed by atoms with Crippen LogP contribution in [-0.2, 0) is 12.8 Å². The Bertz CT molecular complexity index is 632. The lowest BCUT2D eigenvalue weighted by Crippen LogP contribution is -2.23. The summed E-state index contributed by atoms with van der Waals surface area (Å²) in [4.78, 5) is 13.1. The van der Waals surface area contributed by atoms with Crippen LogP contribution in [0.5, 0.6) is 0 Å². The fourth-order valence-corrected chi connectivity index (χ4v) is 4.15. The molecule has 1 aliphatic carbocycles. The number of fused-ring (bicyclic) bond motifs is 1. The van der Waals surface area contributed by atoms with Gasteiger partial charge in [0.2, 0.25) is 0 Å². The van der Waals surface area contributed by atoms with Crippen LogP contribution in [0.25, 0.3) is 5.69 Å². The number of thiophene rings is 1. The maximum atomic E-state index is 11.4. The SMILES string of the molecule is Cc1ccc(C)n1-c1c(C(=O)[O-])sc2c1CCCC2. The molecule has 3 rings (SSSR count). The number of carboxylic acids is 1. The van der Waals surface area contributed by atoms with Crippen LogP contribution in [0.4, 0.5) is 0 Å². The molecule has 0 unspecified atom stereocenters. The fraction of sp³-hybridized carbons (Fsp3) is 0.400. The molecule has 0 saturated carbocycles. The second-order valence-corrected chi connectivity index (χ2v) is 6.23. The van der Waals surface area contributed by atoms with E-state index in [-0.39, 0.29) is 0 Å². The van der Waals surface area contributed by atoms with Crippen LogP contribution >= 0.6 is 11.3 Å². The first-order valence-electron chi connectivity index (χ1n) is 6.61. The van der Waals surface area contributed by atoms with Crippen LogP contribution in [0.15, 0.2) is 12.1 Å². The zero-order valence-electron chi connectivity index (χ0n) is 11.2. The minimum Gasteiger partial charge on any atom is -0.544 e. The third-order valence-corrected chi connectivity index (χ3v) is 5.08. The number of carboxylic acid groups (broad SMARTS) is 1. The third kappa shape index (κ3) is 1.91. The predicted molar refractivity (Wildman–Crippen MR) is 74.1 cm³/mol. The van der Waals surface area contributed by atoms with Gasteiger partial charge in [-0.25, -0.2) is 0 Å². The van der Waals surface area contributed by atoms with Crippen LogP contribution in [0.3, 0.4) is 0 Å². The first kappa shape index (κ1) is 12.5. The van der Waals surface area contributed by atoms with E-state index in [9.17, 15) is 9.90 Å². The maximum absolute atomic E-state index is 11.4. The molecule has 0 spiro atoms. The Labute approximate surface area is 116 Å². The van der Waals surface area contributed by atoms with Crippen LogP contribution < -0.4 is 5.11 Å². The summed E-state index contributed by atoms with van der Waals surface area (Å²) < 4.78 is 2.06. The number of hydrogen-bond donors (Lipinski definition) is 0. The normalized spacial score (nSPS) is 14.4. The molecule has 0 N–H and O–H groups in total. The van der Waals surface area contributed by atoms with Gasteiger partial charge in [-0.2, -0.15) is 0 Å². The second kappa shape index (κ2) is 4.53. The summed E-state index contributed by atoms with van der Waals surface area (Å²) in [6.45, 7) is 4.03. The zero-order valence-corrected chi connectivity index (χ0v) is 12.0. The van der Waals surface area contributed by atoms with Crippen molar-refractivity contribution >= 4 is 17.3 Å². The monoisotopic (exact) mass is 274 g/mol. The lowest BCUT2D eigenvalue weighted by Gasteiger charge is -2.17. The molecule has 0 atom stereocenters. The van der Waals surface area contributed by atoms with Crippen molar-refractivity contribution in [1.29, 1.82) is 0 Å². The molecule has 0 amide bonds.